The molecule has 2 aromatic carbocycles. The van der Waals surface area contributed by atoms with Crippen molar-refractivity contribution < 1.29 is 42.9 Å². The second kappa shape index (κ2) is 17.2. The second-order valence-corrected chi connectivity index (χ2v) is 8.41. The predicted molar refractivity (Wildman–Crippen MR) is 144 cm³/mol. The molecule has 39 heavy (non-hydrogen) atoms. The Balaban J connectivity index is 1.71. The van der Waals surface area contributed by atoms with Crippen LogP contribution in [0.15, 0.2) is 73.3 Å². The van der Waals surface area contributed by atoms with Crippen LogP contribution in [0.5, 0.6) is 17.2 Å². The summed E-state index contributed by atoms with van der Waals surface area (Å²) in [5.41, 5.74) is 0.320. The van der Waals surface area contributed by atoms with E-state index in [1.165, 1.54) is 24.3 Å². The normalized spacial score (nSPS) is 10.2. The summed E-state index contributed by atoms with van der Waals surface area (Å²) in [7, 11) is 0. The topological polar surface area (TPSA) is 114 Å². The lowest BCUT2D eigenvalue weighted by Gasteiger charge is -2.09. The summed E-state index contributed by atoms with van der Waals surface area (Å²) in [4.78, 5) is 47.2. The molecule has 9 nitrogen and oxygen atoms in total. The van der Waals surface area contributed by atoms with Crippen molar-refractivity contribution in [3.63, 3.8) is 0 Å². The smallest absolute Gasteiger partial charge is 0.343 e. The zero-order valence-electron chi connectivity index (χ0n) is 22.1. The number of rotatable bonds is 17. The van der Waals surface area contributed by atoms with Gasteiger partial charge in [0.05, 0.1) is 31.8 Å². The van der Waals surface area contributed by atoms with Crippen LogP contribution in [0.25, 0.3) is 0 Å². The fourth-order valence-corrected chi connectivity index (χ4v) is 3.10. The van der Waals surface area contributed by atoms with Crippen LogP contribution in [0.4, 0.5) is 0 Å². The Morgan fingerprint density at radius 2 is 1.33 bits per heavy atom. The average Bonchev–Trinajstić information content (AvgIpc) is 2.94. The molecule has 0 amide bonds. The number of carbonyl (C=O) groups excluding carboxylic acids is 4. The molecule has 0 saturated heterocycles. The van der Waals surface area contributed by atoms with E-state index in [2.05, 4.69) is 13.2 Å². The van der Waals surface area contributed by atoms with Crippen LogP contribution in [0, 0.1) is 0 Å². The van der Waals surface area contributed by atoms with Crippen LogP contribution >= 0.6 is 0 Å². The third-order valence-corrected chi connectivity index (χ3v) is 5.17. The lowest BCUT2D eigenvalue weighted by molar-refractivity contribution is -0.144. The maximum absolute atomic E-state index is 12.5. The lowest BCUT2D eigenvalue weighted by Crippen LogP contribution is -2.15. The van der Waals surface area contributed by atoms with Gasteiger partial charge in [0.25, 0.3) is 0 Å². The quantitative estimate of drug-likeness (QED) is 0.113. The molecule has 9 heteroatoms. The maximum Gasteiger partial charge on any atom is 0.343 e. The van der Waals surface area contributed by atoms with Gasteiger partial charge in [-0.3, -0.25) is 4.79 Å². The Morgan fingerprint density at radius 1 is 0.744 bits per heavy atom. The molecule has 0 saturated carbocycles. The molecule has 0 radical (unpaired) electrons. The van der Waals surface area contributed by atoms with Crippen molar-refractivity contribution in [3.05, 3.63) is 78.9 Å². The predicted octanol–water partition coefficient (Wildman–Crippen LogP) is 5.38. The first kappa shape index (κ1) is 30.8. The first-order chi connectivity index (χ1) is 18.8. The summed E-state index contributed by atoms with van der Waals surface area (Å²) in [6.07, 6.45) is 5.08. The maximum atomic E-state index is 12.5. The zero-order valence-corrected chi connectivity index (χ0v) is 22.1. The van der Waals surface area contributed by atoms with E-state index in [4.69, 9.17) is 23.7 Å². The van der Waals surface area contributed by atoms with Crippen LogP contribution in [0.2, 0.25) is 0 Å². The van der Waals surface area contributed by atoms with Gasteiger partial charge in [0, 0.05) is 11.6 Å². The molecule has 0 aliphatic carbocycles. The van der Waals surface area contributed by atoms with Crippen LogP contribution in [-0.2, 0) is 23.9 Å². The summed E-state index contributed by atoms with van der Waals surface area (Å²) >= 11 is 0. The van der Waals surface area contributed by atoms with Crippen LogP contribution in [0.3, 0.4) is 0 Å². The molecule has 0 fully saturated rings. The highest BCUT2D eigenvalue weighted by Gasteiger charge is 2.15. The van der Waals surface area contributed by atoms with Crippen molar-refractivity contribution >= 4 is 23.9 Å². The molecule has 2 aromatic rings. The first-order valence-electron chi connectivity index (χ1n) is 12.7. The average molecular weight is 539 g/mol. The highest BCUT2D eigenvalue weighted by molar-refractivity contribution is 5.94. The Morgan fingerprint density at radius 3 is 1.95 bits per heavy atom. The molecule has 0 spiro atoms. The Hall–Kier alpha value is -4.40. The second-order valence-electron chi connectivity index (χ2n) is 8.41. The molecule has 0 aliphatic heterocycles. The summed E-state index contributed by atoms with van der Waals surface area (Å²) in [5, 5.41) is 0. The third-order valence-electron chi connectivity index (χ3n) is 5.17. The fraction of sp³-hybridized carbons (Fsp3) is 0.333. The third kappa shape index (κ3) is 12.1. The summed E-state index contributed by atoms with van der Waals surface area (Å²) in [6, 6.07) is 12.5. The van der Waals surface area contributed by atoms with Gasteiger partial charge in [0.2, 0.25) is 0 Å². The molecule has 208 valence electrons. The summed E-state index contributed by atoms with van der Waals surface area (Å²) < 4.78 is 26.1. The first-order valence-corrected chi connectivity index (χ1v) is 12.7. The monoisotopic (exact) mass is 538 g/mol. The molecule has 0 bridgehead atoms. The molecule has 0 aliphatic rings. The van der Waals surface area contributed by atoms with Gasteiger partial charge in [-0.05, 0) is 80.6 Å². The highest BCUT2D eigenvalue weighted by atomic mass is 16.5. The number of unbranched alkanes of at least 4 members (excludes halogenated alkanes) is 3. The lowest BCUT2D eigenvalue weighted by atomic mass is 10.2. The van der Waals surface area contributed by atoms with Crippen LogP contribution in [0.1, 0.15) is 55.8 Å². The van der Waals surface area contributed by atoms with Crippen molar-refractivity contribution in [2.75, 3.05) is 19.8 Å². The Labute approximate surface area is 228 Å². The molecule has 0 N–H and O–H groups in total. The Bertz CT molecular complexity index is 1120. The van der Waals surface area contributed by atoms with E-state index >= 15 is 0 Å². The molecule has 0 unspecified atom stereocenters. The van der Waals surface area contributed by atoms with Gasteiger partial charge in [0.1, 0.15) is 17.2 Å². The zero-order chi connectivity index (χ0) is 28.5. The van der Waals surface area contributed by atoms with Gasteiger partial charge in [-0.25, -0.2) is 14.4 Å². The number of ether oxygens (including phenoxy) is 5. The minimum atomic E-state index is -0.748. The van der Waals surface area contributed by atoms with E-state index in [1.54, 1.807) is 24.3 Å². The van der Waals surface area contributed by atoms with Crippen molar-refractivity contribution in [3.8, 4) is 17.2 Å². The van der Waals surface area contributed by atoms with Crippen molar-refractivity contribution in [2.24, 2.45) is 0 Å². The highest BCUT2D eigenvalue weighted by Crippen LogP contribution is 2.21. The standard InChI is InChI=1S/C30H34O9/c1-4-18-36-28(32)21-22(3)29(33)38-25-14-16-26(17-15-25)39-30(34)23-10-12-24(13-11-23)35-19-8-6-7-9-20-37-27(31)5-2/h5,10-17H,2-4,6-9,18-21H2,1H3. The SMILES string of the molecule is C=CC(=O)OCCCCCCOc1ccc(C(=O)Oc2ccc(OC(=O)C(=C)CC(=O)OCCC)cc2)cc1. The van der Waals surface area contributed by atoms with E-state index in [0.29, 0.717) is 30.9 Å². The van der Waals surface area contributed by atoms with E-state index in [9.17, 15) is 19.2 Å². The van der Waals surface area contributed by atoms with E-state index < -0.39 is 23.9 Å². The minimum Gasteiger partial charge on any atom is -0.494 e. The molecular formula is C30H34O9. The largest absolute Gasteiger partial charge is 0.494 e. The van der Waals surface area contributed by atoms with Gasteiger partial charge >= 0.3 is 23.9 Å². The summed E-state index contributed by atoms with van der Waals surface area (Å²) in [5.74, 6) is -1.14. The molecule has 0 heterocycles. The van der Waals surface area contributed by atoms with Crippen molar-refractivity contribution in [2.45, 2.75) is 45.4 Å². The van der Waals surface area contributed by atoms with Crippen molar-refractivity contribution in [1.82, 2.24) is 0 Å². The summed E-state index contributed by atoms with van der Waals surface area (Å²) in [6.45, 7) is 9.97. The number of hydrogen-bond acceptors (Lipinski definition) is 9. The number of esters is 4. The molecule has 2 rings (SSSR count). The fourth-order valence-electron chi connectivity index (χ4n) is 3.10. The van der Waals surface area contributed by atoms with E-state index in [0.717, 1.165) is 31.8 Å². The Kier molecular flexibility index (Phi) is 13.6. The minimum absolute atomic E-state index is 0.0252. The van der Waals surface area contributed by atoms with Gasteiger partial charge < -0.3 is 23.7 Å². The van der Waals surface area contributed by atoms with E-state index in [1.807, 2.05) is 6.92 Å². The number of carbonyl (C=O) groups is 4. The number of hydrogen-bond donors (Lipinski definition) is 0. The van der Waals surface area contributed by atoms with Gasteiger partial charge in [-0.1, -0.05) is 20.1 Å². The molecular weight excluding hydrogens is 504 g/mol. The van der Waals surface area contributed by atoms with Crippen LogP contribution in [-0.4, -0.2) is 43.7 Å². The van der Waals surface area contributed by atoms with Gasteiger partial charge in [-0.15, -0.1) is 0 Å². The van der Waals surface area contributed by atoms with E-state index in [-0.39, 0.29) is 30.1 Å². The van der Waals surface area contributed by atoms with Crippen molar-refractivity contribution in [1.29, 1.82) is 0 Å². The molecule has 0 atom stereocenters. The van der Waals surface area contributed by atoms with Crippen LogP contribution < -0.4 is 14.2 Å². The number of benzene rings is 2. The van der Waals surface area contributed by atoms with Gasteiger partial charge in [0.15, 0.2) is 0 Å². The molecule has 0 aromatic heterocycles. The van der Waals surface area contributed by atoms with Gasteiger partial charge in [-0.2, -0.15) is 0 Å².